The minimum atomic E-state index is -0.614. The molecule has 0 saturated carbocycles. The minimum Gasteiger partial charge on any atom is -0.481 e. The molecule has 2 atom stereocenters. The van der Waals surface area contributed by atoms with Crippen LogP contribution in [0.25, 0.3) is 0 Å². The molecule has 3 rings (SSSR count). The van der Waals surface area contributed by atoms with Crippen LogP contribution < -0.4 is 0 Å². The fourth-order valence-corrected chi connectivity index (χ4v) is 4.63. The highest BCUT2D eigenvalue weighted by atomic mass is 16.4. The van der Waals surface area contributed by atoms with Gasteiger partial charge in [0.15, 0.2) is 0 Å². The molecule has 108 valence electrons. The fourth-order valence-electron chi connectivity index (χ4n) is 4.63. The van der Waals surface area contributed by atoms with Gasteiger partial charge in [0.1, 0.15) is 0 Å². The Morgan fingerprint density at radius 3 is 2.16 bits per heavy atom. The summed E-state index contributed by atoms with van der Waals surface area (Å²) in [4.78, 5) is 16.1. The van der Waals surface area contributed by atoms with Crippen molar-refractivity contribution in [1.82, 2.24) is 9.80 Å². The number of carbonyl (C=O) groups is 1. The number of piperidine rings is 2. The molecule has 4 nitrogen and oxygen atoms in total. The third-order valence-corrected chi connectivity index (χ3v) is 5.46. The third kappa shape index (κ3) is 2.79. The number of rotatable bonds is 3. The number of hydrogen-bond donors (Lipinski definition) is 1. The molecule has 19 heavy (non-hydrogen) atoms. The van der Waals surface area contributed by atoms with Crippen molar-refractivity contribution in [2.24, 2.45) is 5.92 Å². The van der Waals surface area contributed by atoms with Crippen LogP contribution in [0.3, 0.4) is 0 Å². The highest BCUT2D eigenvalue weighted by Gasteiger charge is 2.44. The molecule has 1 N–H and O–H groups in total. The Bertz CT molecular complexity index is 325. The molecule has 0 spiro atoms. The Balaban J connectivity index is 1.61. The topological polar surface area (TPSA) is 43.8 Å². The van der Waals surface area contributed by atoms with Crippen molar-refractivity contribution in [2.45, 2.75) is 63.1 Å². The van der Waals surface area contributed by atoms with Crippen LogP contribution in [0.2, 0.25) is 0 Å². The fraction of sp³-hybridized carbons (Fsp3) is 0.933. The molecule has 3 fully saturated rings. The first kappa shape index (κ1) is 13.4. The second-order valence-corrected chi connectivity index (χ2v) is 6.80. The van der Waals surface area contributed by atoms with Gasteiger partial charge in [0.25, 0.3) is 0 Å². The van der Waals surface area contributed by atoms with Crippen molar-refractivity contribution < 1.29 is 9.90 Å². The predicted molar refractivity (Wildman–Crippen MR) is 74.1 cm³/mol. The lowest BCUT2D eigenvalue weighted by Crippen LogP contribution is -2.52. The number of nitrogens with zero attached hydrogens (tertiary/aromatic N) is 2. The van der Waals surface area contributed by atoms with E-state index in [0.29, 0.717) is 24.4 Å². The Labute approximate surface area is 115 Å². The van der Waals surface area contributed by atoms with Crippen LogP contribution in [-0.2, 0) is 4.79 Å². The lowest BCUT2D eigenvalue weighted by molar-refractivity contribution is -0.138. The average molecular weight is 266 g/mol. The zero-order chi connectivity index (χ0) is 13.4. The van der Waals surface area contributed by atoms with Gasteiger partial charge in [-0.2, -0.15) is 0 Å². The largest absolute Gasteiger partial charge is 0.481 e. The number of carboxylic acids is 1. The van der Waals surface area contributed by atoms with Crippen LogP contribution in [-0.4, -0.2) is 59.1 Å². The zero-order valence-electron chi connectivity index (χ0n) is 11.9. The maximum Gasteiger partial charge on any atom is 0.303 e. The van der Waals surface area contributed by atoms with Gasteiger partial charge in [0.2, 0.25) is 0 Å². The van der Waals surface area contributed by atoms with E-state index in [2.05, 4.69) is 16.8 Å². The number of hydrogen-bond acceptors (Lipinski definition) is 3. The maximum absolute atomic E-state index is 10.9. The van der Waals surface area contributed by atoms with Crippen molar-refractivity contribution in [3.8, 4) is 0 Å². The Morgan fingerprint density at radius 2 is 1.63 bits per heavy atom. The van der Waals surface area contributed by atoms with Gasteiger partial charge in [0, 0.05) is 24.5 Å². The van der Waals surface area contributed by atoms with Gasteiger partial charge in [-0.15, -0.1) is 0 Å². The summed E-state index contributed by atoms with van der Waals surface area (Å²) in [6.45, 7) is 2.44. The maximum atomic E-state index is 10.9. The summed E-state index contributed by atoms with van der Waals surface area (Å²) in [5, 5.41) is 8.98. The van der Waals surface area contributed by atoms with E-state index >= 15 is 0 Å². The molecule has 2 unspecified atom stereocenters. The molecule has 3 saturated heterocycles. The number of carboxylic acid groups (broad SMARTS) is 1. The molecule has 3 heterocycles. The second kappa shape index (κ2) is 5.41. The van der Waals surface area contributed by atoms with Crippen LogP contribution in [0.4, 0.5) is 0 Å². The second-order valence-electron chi connectivity index (χ2n) is 6.80. The van der Waals surface area contributed by atoms with Crippen molar-refractivity contribution >= 4 is 5.97 Å². The van der Waals surface area contributed by atoms with Gasteiger partial charge in [-0.25, -0.2) is 0 Å². The molecule has 0 radical (unpaired) electrons. The smallest absolute Gasteiger partial charge is 0.303 e. The SMILES string of the molecule is CN1CCC(N2C3CCC2CC(CC(=O)O)C3)CC1. The molecule has 4 heteroatoms. The first-order valence-corrected chi connectivity index (χ1v) is 7.81. The van der Waals surface area contributed by atoms with Gasteiger partial charge in [-0.05, 0) is 64.6 Å². The van der Waals surface area contributed by atoms with Crippen LogP contribution in [0.15, 0.2) is 0 Å². The van der Waals surface area contributed by atoms with Gasteiger partial charge in [-0.1, -0.05) is 0 Å². The normalized spacial score (nSPS) is 37.6. The summed E-state index contributed by atoms with van der Waals surface area (Å²) >= 11 is 0. The number of likely N-dealkylation sites (tertiary alicyclic amines) is 1. The van der Waals surface area contributed by atoms with Crippen LogP contribution in [0.5, 0.6) is 0 Å². The zero-order valence-corrected chi connectivity index (χ0v) is 11.9. The van der Waals surface area contributed by atoms with Crippen molar-refractivity contribution in [1.29, 1.82) is 0 Å². The molecule has 0 aliphatic carbocycles. The lowest BCUT2D eigenvalue weighted by Gasteiger charge is -2.46. The Hall–Kier alpha value is -0.610. The van der Waals surface area contributed by atoms with E-state index in [0.717, 1.165) is 18.9 Å². The quantitative estimate of drug-likeness (QED) is 0.846. The molecular formula is C15H26N2O2. The Kier molecular flexibility index (Phi) is 3.81. The van der Waals surface area contributed by atoms with Gasteiger partial charge < -0.3 is 10.0 Å². The monoisotopic (exact) mass is 266 g/mol. The van der Waals surface area contributed by atoms with Crippen LogP contribution in [0, 0.1) is 5.92 Å². The molecule has 2 bridgehead atoms. The molecule has 3 aliphatic rings. The van der Waals surface area contributed by atoms with E-state index in [4.69, 9.17) is 5.11 Å². The molecule has 0 amide bonds. The van der Waals surface area contributed by atoms with E-state index in [9.17, 15) is 4.79 Å². The van der Waals surface area contributed by atoms with Crippen molar-refractivity contribution in [2.75, 3.05) is 20.1 Å². The van der Waals surface area contributed by atoms with Gasteiger partial charge >= 0.3 is 5.97 Å². The van der Waals surface area contributed by atoms with Gasteiger partial charge in [-0.3, -0.25) is 9.69 Å². The predicted octanol–water partition coefficient (Wildman–Crippen LogP) is 1.80. The molecule has 0 aromatic rings. The highest BCUT2D eigenvalue weighted by Crippen LogP contribution is 2.42. The minimum absolute atomic E-state index is 0.383. The lowest BCUT2D eigenvalue weighted by atomic mass is 9.86. The van der Waals surface area contributed by atoms with E-state index in [1.165, 1.54) is 38.8 Å². The standard InChI is InChI=1S/C15H26N2O2/c1-16-6-4-12(5-7-16)17-13-2-3-14(17)9-11(8-13)10-15(18)19/h11-14H,2-10H2,1H3,(H,18,19). The summed E-state index contributed by atoms with van der Waals surface area (Å²) in [6.07, 6.45) is 7.82. The summed E-state index contributed by atoms with van der Waals surface area (Å²) in [5.41, 5.74) is 0. The molecule has 0 aromatic carbocycles. The van der Waals surface area contributed by atoms with Crippen molar-refractivity contribution in [3.05, 3.63) is 0 Å². The summed E-state index contributed by atoms with van der Waals surface area (Å²) in [7, 11) is 2.21. The third-order valence-electron chi connectivity index (χ3n) is 5.46. The summed E-state index contributed by atoms with van der Waals surface area (Å²) < 4.78 is 0. The highest BCUT2D eigenvalue weighted by molar-refractivity contribution is 5.67. The summed E-state index contributed by atoms with van der Waals surface area (Å²) in [5.74, 6) is -0.186. The Morgan fingerprint density at radius 1 is 1.05 bits per heavy atom. The van der Waals surface area contributed by atoms with Crippen LogP contribution >= 0.6 is 0 Å². The average Bonchev–Trinajstić information content (AvgIpc) is 2.62. The number of fused-ring (bicyclic) bond motifs is 2. The van der Waals surface area contributed by atoms with E-state index in [1.807, 2.05) is 0 Å². The molecule has 3 aliphatic heterocycles. The van der Waals surface area contributed by atoms with Gasteiger partial charge in [0.05, 0.1) is 0 Å². The molecule has 0 aromatic heterocycles. The van der Waals surface area contributed by atoms with E-state index in [-0.39, 0.29) is 0 Å². The van der Waals surface area contributed by atoms with E-state index < -0.39 is 5.97 Å². The first-order valence-electron chi connectivity index (χ1n) is 7.81. The van der Waals surface area contributed by atoms with E-state index in [1.54, 1.807) is 0 Å². The van der Waals surface area contributed by atoms with Crippen molar-refractivity contribution in [3.63, 3.8) is 0 Å². The first-order chi connectivity index (χ1) is 9.13. The summed E-state index contributed by atoms with van der Waals surface area (Å²) in [6, 6.07) is 2.12. The van der Waals surface area contributed by atoms with Crippen LogP contribution in [0.1, 0.15) is 44.9 Å². The number of aliphatic carboxylic acids is 1. The molecular weight excluding hydrogens is 240 g/mol.